The third-order valence-corrected chi connectivity index (χ3v) is 8.39. The summed E-state index contributed by atoms with van der Waals surface area (Å²) < 4.78 is 28.2. The summed E-state index contributed by atoms with van der Waals surface area (Å²) in [5, 5.41) is 6.14. The first-order chi connectivity index (χ1) is 18.5. The van der Waals surface area contributed by atoms with Gasteiger partial charge in [0.05, 0.1) is 22.2 Å². The molecule has 1 fully saturated rings. The van der Waals surface area contributed by atoms with Crippen LogP contribution in [0, 0.1) is 11.6 Å². The highest BCUT2D eigenvalue weighted by Gasteiger charge is 2.51. The van der Waals surface area contributed by atoms with E-state index in [9.17, 15) is 18.4 Å². The van der Waals surface area contributed by atoms with Gasteiger partial charge in [-0.05, 0) is 80.6 Å². The standard InChI is InChI=1S/C30H29F2N5O2/c1-28(2)27(39)37(29(3,17-35-28)20-11-21(31)13-22(32)12-20)9-5-6-23-10-18-14-30(15-19(18)16-34-23)24-7-4-8-33-25(24)36-26(30)38/h4-8,10-13,16,35H,9,14-15,17H2,1-3H3,(H,33,36,38)/t29-,30?/m0/s1. The molecular weight excluding hydrogens is 500 g/mol. The Balaban J connectivity index is 1.26. The highest BCUT2D eigenvalue weighted by atomic mass is 19.1. The number of hydrogen-bond donors (Lipinski definition) is 2. The predicted molar refractivity (Wildman–Crippen MR) is 143 cm³/mol. The smallest absolute Gasteiger partial charge is 0.243 e. The van der Waals surface area contributed by atoms with E-state index in [2.05, 4.69) is 20.6 Å². The molecule has 1 aromatic carbocycles. The van der Waals surface area contributed by atoms with Crippen LogP contribution in [0.3, 0.4) is 0 Å². The van der Waals surface area contributed by atoms with Crippen LogP contribution < -0.4 is 10.6 Å². The molecule has 2 atom stereocenters. The summed E-state index contributed by atoms with van der Waals surface area (Å²) in [6.07, 6.45) is 8.29. The number of halogens is 2. The lowest BCUT2D eigenvalue weighted by molar-refractivity contribution is -0.148. The van der Waals surface area contributed by atoms with E-state index in [1.165, 1.54) is 12.1 Å². The van der Waals surface area contributed by atoms with Gasteiger partial charge in [-0.1, -0.05) is 12.1 Å². The number of anilines is 1. The molecule has 1 aliphatic carbocycles. The van der Waals surface area contributed by atoms with Crippen molar-refractivity contribution in [3.05, 3.63) is 94.5 Å². The minimum absolute atomic E-state index is 0.0441. The molecule has 3 aromatic rings. The number of aromatic nitrogens is 2. The number of nitrogens with zero attached hydrogens (tertiary/aromatic N) is 3. The number of pyridine rings is 2. The minimum atomic E-state index is -0.963. The van der Waals surface area contributed by atoms with Crippen molar-refractivity contribution < 1.29 is 18.4 Å². The maximum absolute atomic E-state index is 14.1. The minimum Gasteiger partial charge on any atom is -0.327 e. The van der Waals surface area contributed by atoms with Crippen LogP contribution in [0.25, 0.3) is 6.08 Å². The van der Waals surface area contributed by atoms with Gasteiger partial charge in [-0.2, -0.15) is 0 Å². The number of carbonyl (C=O) groups excluding carboxylic acids is 2. The molecule has 0 saturated carbocycles. The van der Waals surface area contributed by atoms with E-state index in [1.54, 1.807) is 24.9 Å². The second-order valence-electron chi connectivity index (χ2n) is 11.4. The lowest BCUT2D eigenvalue weighted by Crippen LogP contribution is -2.68. The largest absolute Gasteiger partial charge is 0.327 e. The number of carbonyl (C=O) groups is 2. The van der Waals surface area contributed by atoms with E-state index < -0.39 is 28.1 Å². The van der Waals surface area contributed by atoms with Crippen molar-refractivity contribution in [3.63, 3.8) is 0 Å². The molecule has 2 N–H and O–H groups in total. The Morgan fingerprint density at radius 1 is 1.03 bits per heavy atom. The lowest BCUT2D eigenvalue weighted by Gasteiger charge is -2.50. The van der Waals surface area contributed by atoms with Crippen molar-refractivity contribution in [1.29, 1.82) is 0 Å². The Morgan fingerprint density at radius 3 is 2.54 bits per heavy atom. The Kier molecular flexibility index (Phi) is 5.69. The Morgan fingerprint density at radius 2 is 1.77 bits per heavy atom. The molecule has 6 rings (SSSR count). The van der Waals surface area contributed by atoms with Gasteiger partial charge in [-0.15, -0.1) is 0 Å². The molecule has 2 aliphatic heterocycles. The number of piperazine rings is 1. The van der Waals surface area contributed by atoms with Crippen LogP contribution in [0.15, 0.2) is 54.9 Å². The van der Waals surface area contributed by atoms with Crippen molar-refractivity contribution in [3.8, 4) is 0 Å². The Bertz CT molecular complexity index is 1530. The highest BCUT2D eigenvalue weighted by molar-refractivity contribution is 6.06. The molecule has 1 spiro atoms. The van der Waals surface area contributed by atoms with Crippen LogP contribution in [0.5, 0.6) is 0 Å². The van der Waals surface area contributed by atoms with E-state index in [0.29, 0.717) is 36.5 Å². The first-order valence-corrected chi connectivity index (χ1v) is 13.0. The first kappa shape index (κ1) is 25.3. The summed E-state index contributed by atoms with van der Waals surface area (Å²) in [7, 11) is 0. The predicted octanol–water partition coefficient (Wildman–Crippen LogP) is 3.88. The van der Waals surface area contributed by atoms with E-state index in [-0.39, 0.29) is 18.4 Å². The van der Waals surface area contributed by atoms with Gasteiger partial charge in [0.1, 0.15) is 17.5 Å². The zero-order valence-electron chi connectivity index (χ0n) is 22.0. The Labute approximate surface area is 225 Å². The van der Waals surface area contributed by atoms with Gasteiger partial charge in [0.25, 0.3) is 0 Å². The number of nitrogens with one attached hydrogen (secondary N) is 2. The zero-order chi connectivity index (χ0) is 27.6. The monoisotopic (exact) mass is 529 g/mol. The van der Waals surface area contributed by atoms with Crippen molar-refractivity contribution in [2.75, 3.05) is 18.4 Å². The number of fused-ring (bicyclic) bond motifs is 3. The van der Waals surface area contributed by atoms with Crippen LogP contribution in [0.2, 0.25) is 0 Å². The summed E-state index contributed by atoms with van der Waals surface area (Å²) >= 11 is 0. The van der Waals surface area contributed by atoms with Gasteiger partial charge in [-0.3, -0.25) is 14.6 Å². The Hall–Kier alpha value is -3.98. The normalized spacial score (nSPS) is 25.3. The fourth-order valence-corrected chi connectivity index (χ4v) is 6.07. The van der Waals surface area contributed by atoms with Crippen molar-refractivity contribution in [2.45, 2.75) is 50.1 Å². The quantitative estimate of drug-likeness (QED) is 0.536. The molecule has 9 heteroatoms. The summed E-state index contributed by atoms with van der Waals surface area (Å²) in [5.74, 6) is -0.971. The number of hydrogen-bond acceptors (Lipinski definition) is 5. The number of benzene rings is 1. The average molecular weight is 530 g/mol. The van der Waals surface area contributed by atoms with Gasteiger partial charge in [-0.25, -0.2) is 13.8 Å². The molecule has 2 amide bonds. The molecule has 2 aromatic heterocycles. The van der Waals surface area contributed by atoms with Crippen LogP contribution in [0.4, 0.5) is 14.6 Å². The summed E-state index contributed by atoms with van der Waals surface area (Å²) in [6.45, 7) is 5.95. The maximum atomic E-state index is 14.1. The van der Waals surface area contributed by atoms with Crippen molar-refractivity contribution >= 4 is 23.7 Å². The van der Waals surface area contributed by atoms with Crippen LogP contribution in [-0.4, -0.2) is 45.3 Å². The third kappa shape index (κ3) is 4.03. The topological polar surface area (TPSA) is 87.2 Å². The molecule has 1 unspecified atom stereocenters. The maximum Gasteiger partial charge on any atom is 0.243 e. The average Bonchev–Trinajstić information content (AvgIpc) is 3.40. The molecule has 4 heterocycles. The molecular formula is C30H29F2N5O2. The van der Waals surface area contributed by atoms with E-state index in [0.717, 1.165) is 22.8 Å². The van der Waals surface area contributed by atoms with Crippen molar-refractivity contribution in [2.24, 2.45) is 0 Å². The van der Waals surface area contributed by atoms with Crippen LogP contribution in [-0.2, 0) is 33.4 Å². The summed E-state index contributed by atoms with van der Waals surface area (Å²) in [4.78, 5) is 37.0. The molecule has 39 heavy (non-hydrogen) atoms. The summed E-state index contributed by atoms with van der Waals surface area (Å²) in [6, 6.07) is 9.16. The second kappa shape index (κ2) is 8.77. The van der Waals surface area contributed by atoms with Gasteiger partial charge < -0.3 is 15.5 Å². The van der Waals surface area contributed by atoms with E-state index >= 15 is 0 Å². The number of amides is 2. The molecule has 0 bridgehead atoms. The molecule has 0 radical (unpaired) electrons. The molecule has 200 valence electrons. The van der Waals surface area contributed by atoms with Gasteiger partial charge >= 0.3 is 0 Å². The lowest BCUT2D eigenvalue weighted by atomic mass is 9.79. The van der Waals surface area contributed by atoms with Crippen LogP contribution >= 0.6 is 0 Å². The SMILES string of the molecule is CC1(C)NC[C@@](C)(c2cc(F)cc(F)c2)N(CC=Cc2cc3c(cn2)CC2(C3)C(=O)Nc3ncccc32)C1=O. The van der Waals surface area contributed by atoms with Gasteiger partial charge in [0.15, 0.2) is 0 Å². The fourth-order valence-electron chi connectivity index (χ4n) is 6.07. The van der Waals surface area contributed by atoms with Gasteiger partial charge in [0, 0.05) is 37.1 Å². The molecule has 3 aliphatic rings. The molecule has 7 nitrogen and oxygen atoms in total. The van der Waals surface area contributed by atoms with E-state index in [4.69, 9.17) is 0 Å². The number of rotatable bonds is 4. The zero-order valence-corrected chi connectivity index (χ0v) is 22.0. The van der Waals surface area contributed by atoms with Gasteiger partial charge in [0.2, 0.25) is 11.8 Å². The summed E-state index contributed by atoms with van der Waals surface area (Å²) in [5.41, 5.74) is 1.62. The van der Waals surface area contributed by atoms with Crippen molar-refractivity contribution in [1.82, 2.24) is 20.2 Å². The van der Waals surface area contributed by atoms with E-state index in [1.807, 2.05) is 43.5 Å². The second-order valence-corrected chi connectivity index (χ2v) is 11.4. The van der Waals surface area contributed by atoms with Crippen LogP contribution in [0.1, 0.15) is 48.7 Å². The fraction of sp³-hybridized carbons (Fsp3) is 0.333. The highest BCUT2D eigenvalue weighted by Crippen LogP contribution is 2.46. The molecule has 1 saturated heterocycles. The first-order valence-electron chi connectivity index (χ1n) is 13.0. The third-order valence-electron chi connectivity index (χ3n) is 8.39.